The number of ether oxygens (including phenoxy) is 2. The SMILES string of the molecule is C[C@@H](Nc1ccc2c(c1)OCCO2)C(=O)Nc1cc(S(=O)(=O)N2CCCCC2)ccc1Cl. The van der Waals surface area contributed by atoms with Crippen LogP contribution in [0, 0.1) is 0 Å². The van der Waals surface area contributed by atoms with Gasteiger partial charge in [-0.1, -0.05) is 18.0 Å². The molecule has 1 fully saturated rings. The van der Waals surface area contributed by atoms with Crippen molar-refractivity contribution in [1.29, 1.82) is 0 Å². The lowest BCUT2D eigenvalue weighted by molar-refractivity contribution is -0.116. The van der Waals surface area contributed by atoms with Gasteiger partial charge in [0.25, 0.3) is 0 Å². The molecule has 2 heterocycles. The summed E-state index contributed by atoms with van der Waals surface area (Å²) in [4.78, 5) is 12.9. The number of piperidine rings is 1. The van der Waals surface area contributed by atoms with E-state index in [1.807, 2.05) is 0 Å². The number of hydrogen-bond acceptors (Lipinski definition) is 6. The predicted octanol–water partition coefficient (Wildman–Crippen LogP) is 3.72. The van der Waals surface area contributed by atoms with Gasteiger partial charge in [0.05, 0.1) is 15.6 Å². The maximum absolute atomic E-state index is 13.0. The topological polar surface area (TPSA) is 97.0 Å². The standard InChI is InChI=1S/C22H26ClN3O5S/c1-15(24-16-5-8-20-21(13-16)31-12-11-30-20)22(27)25-19-14-17(6-7-18(19)23)32(28,29)26-9-3-2-4-10-26/h5-8,13-15,24H,2-4,9-12H2,1H3,(H,25,27)/t15-/m1/s1. The van der Waals surface area contributed by atoms with Crippen LogP contribution in [0.2, 0.25) is 5.02 Å². The van der Waals surface area contributed by atoms with Gasteiger partial charge in [0.15, 0.2) is 11.5 Å². The molecular weight excluding hydrogens is 454 g/mol. The van der Waals surface area contributed by atoms with Crippen LogP contribution in [0.3, 0.4) is 0 Å². The molecule has 2 aromatic rings. The van der Waals surface area contributed by atoms with Gasteiger partial charge in [-0.2, -0.15) is 4.31 Å². The van der Waals surface area contributed by atoms with Crippen LogP contribution in [0.25, 0.3) is 0 Å². The fourth-order valence-electron chi connectivity index (χ4n) is 3.70. The van der Waals surface area contributed by atoms with Gasteiger partial charge >= 0.3 is 0 Å². The molecule has 1 amide bonds. The number of amides is 1. The van der Waals surface area contributed by atoms with E-state index in [-0.39, 0.29) is 21.5 Å². The Labute approximate surface area is 192 Å². The molecule has 172 valence electrons. The number of rotatable bonds is 6. The summed E-state index contributed by atoms with van der Waals surface area (Å²) in [5.41, 5.74) is 0.954. The van der Waals surface area contributed by atoms with Crippen LogP contribution in [0.5, 0.6) is 11.5 Å². The number of hydrogen-bond donors (Lipinski definition) is 2. The van der Waals surface area contributed by atoms with Gasteiger partial charge in [0.2, 0.25) is 15.9 Å². The summed E-state index contributed by atoms with van der Waals surface area (Å²) in [5, 5.41) is 6.11. The molecule has 2 aromatic carbocycles. The summed E-state index contributed by atoms with van der Waals surface area (Å²) < 4.78 is 38.5. The summed E-state index contributed by atoms with van der Waals surface area (Å²) in [5.74, 6) is 0.930. The van der Waals surface area contributed by atoms with E-state index in [1.54, 1.807) is 25.1 Å². The van der Waals surface area contributed by atoms with Crippen LogP contribution >= 0.6 is 11.6 Å². The van der Waals surface area contributed by atoms with E-state index >= 15 is 0 Å². The van der Waals surface area contributed by atoms with E-state index in [1.165, 1.54) is 22.5 Å². The molecule has 4 rings (SSSR count). The fourth-order valence-corrected chi connectivity index (χ4v) is 5.41. The molecule has 10 heteroatoms. The zero-order valence-corrected chi connectivity index (χ0v) is 19.3. The lowest BCUT2D eigenvalue weighted by Crippen LogP contribution is -2.35. The first-order chi connectivity index (χ1) is 15.3. The van der Waals surface area contributed by atoms with Crippen LogP contribution in [0.15, 0.2) is 41.3 Å². The number of carbonyl (C=O) groups excluding carboxylic acids is 1. The third kappa shape index (κ3) is 4.95. The molecule has 32 heavy (non-hydrogen) atoms. The van der Waals surface area contributed by atoms with Gasteiger partial charge in [0.1, 0.15) is 19.3 Å². The summed E-state index contributed by atoms with van der Waals surface area (Å²) in [7, 11) is -3.63. The number of fused-ring (bicyclic) bond motifs is 1. The van der Waals surface area contributed by atoms with Gasteiger partial charge in [-0.25, -0.2) is 8.42 Å². The summed E-state index contributed by atoms with van der Waals surface area (Å²) in [6.07, 6.45) is 2.72. The second-order valence-corrected chi connectivity index (χ2v) is 10.2. The van der Waals surface area contributed by atoms with Crippen molar-refractivity contribution in [2.75, 3.05) is 36.9 Å². The van der Waals surface area contributed by atoms with Crippen molar-refractivity contribution in [1.82, 2.24) is 4.31 Å². The highest BCUT2D eigenvalue weighted by atomic mass is 35.5. The van der Waals surface area contributed by atoms with Crippen molar-refractivity contribution in [3.8, 4) is 11.5 Å². The molecule has 2 aliphatic rings. The first kappa shape index (κ1) is 22.7. The number of sulfonamides is 1. The molecule has 0 radical (unpaired) electrons. The van der Waals surface area contributed by atoms with Gasteiger partial charge in [-0.3, -0.25) is 4.79 Å². The highest BCUT2D eigenvalue weighted by Crippen LogP contribution is 2.33. The Kier molecular flexibility index (Phi) is 6.78. The highest BCUT2D eigenvalue weighted by Gasteiger charge is 2.27. The quantitative estimate of drug-likeness (QED) is 0.655. The first-order valence-electron chi connectivity index (χ1n) is 10.6. The van der Waals surface area contributed by atoms with Gasteiger partial charge < -0.3 is 20.1 Å². The van der Waals surface area contributed by atoms with Crippen LogP contribution < -0.4 is 20.1 Å². The molecule has 8 nitrogen and oxygen atoms in total. The third-order valence-corrected chi connectivity index (χ3v) is 7.69. The average molecular weight is 480 g/mol. The Bertz CT molecular complexity index is 1100. The molecule has 1 atom stereocenters. The second kappa shape index (κ2) is 9.56. The Balaban J connectivity index is 1.46. The van der Waals surface area contributed by atoms with E-state index in [9.17, 15) is 13.2 Å². The normalized spacial score (nSPS) is 17.4. The maximum atomic E-state index is 13.0. The van der Waals surface area contributed by atoms with Gasteiger partial charge in [-0.05, 0) is 50.1 Å². The van der Waals surface area contributed by atoms with E-state index in [2.05, 4.69) is 10.6 Å². The zero-order chi connectivity index (χ0) is 22.7. The van der Waals surface area contributed by atoms with Crippen molar-refractivity contribution < 1.29 is 22.7 Å². The second-order valence-electron chi connectivity index (χ2n) is 7.82. The zero-order valence-electron chi connectivity index (χ0n) is 17.8. The van der Waals surface area contributed by atoms with Gasteiger partial charge in [-0.15, -0.1) is 0 Å². The number of nitrogens with one attached hydrogen (secondary N) is 2. The smallest absolute Gasteiger partial charge is 0.246 e. The van der Waals surface area contributed by atoms with Crippen molar-refractivity contribution >= 4 is 38.9 Å². The van der Waals surface area contributed by atoms with Crippen LogP contribution in [0.4, 0.5) is 11.4 Å². The molecule has 0 saturated carbocycles. The van der Waals surface area contributed by atoms with Crippen LogP contribution in [-0.2, 0) is 14.8 Å². The minimum atomic E-state index is -3.63. The molecule has 2 aliphatic heterocycles. The minimum Gasteiger partial charge on any atom is -0.486 e. The number of halogens is 1. The summed E-state index contributed by atoms with van der Waals surface area (Å²) in [6.45, 7) is 3.69. The largest absolute Gasteiger partial charge is 0.486 e. The Hall–Kier alpha value is -2.49. The van der Waals surface area contributed by atoms with E-state index in [4.69, 9.17) is 21.1 Å². The molecule has 0 aromatic heterocycles. The number of benzene rings is 2. The maximum Gasteiger partial charge on any atom is 0.246 e. The lowest BCUT2D eigenvalue weighted by atomic mass is 10.2. The van der Waals surface area contributed by atoms with Crippen molar-refractivity contribution in [3.05, 3.63) is 41.4 Å². The minimum absolute atomic E-state index is 0.117. The van der Waals surface area contributed by atoms with E-state index in [0.29, 0.717) is 43.5 Å². The molecular formula is C22H26ClN3O5S. The average Bonchev–Trinajstić information content (AvgIpc) is 2.80. The van der Waals surface area contributed by atoms with Crippen molar-refractivity contribution in [2.45, 2.75) is 37.1 Å². The lowest BCUT2D eigenvalue weighted by Gasteiger charge is -2.26. The Morgan fingerprint density at radius 2 is 1.75 bits per heavy atom. The van der Waals surface area contributed by atoms with Crippen molar-refractivity contribution in [3.63, 3.8) is 0 Å². The van der Waals surface area contributed by atoms with E-state index < -0.39 is 16.1 Å². The predicted molar refractivity (Wildman–Crippen MR) is 123 cm³/mol. The van der Waals surface area contributed by atoms with E-state index in [0.717, 1.165) is 19.3 Å². The molecule has 0 unspecified atom stereocenters. The number of nitrogens with zero attached hydrogens (tertiary/aromatic N) is 1. The van der Waals surface area contributed by atoms with Crippen LogP contribution in [-0.4, -0.2) is 51.0 Å². The Morgan fingerprint density at radius 3 is 2.50 bits per heavy atom. The molecule has 0 aliphatic carbocycles. The summed E-state index contributed by atoms with van der Waals surface area (Å²) in [6, 6.07) is 9.13. The molecule has 1 saturated heterocycles. The first-order valence-corrected chi connectivity index (χ1v) is 12.4. The summed E-state index contributed by atoms with van der Waals surface area (Å²) >= 11 is 6.25. The molecule has 0 bridgehead atoms. The van der Waals surface area contributed by atoms with Gasteiger partial charge in [0, 0.05) is 24.8 Å². The highest BCUT2D eigenvalue weighted by molar-refractivity contribution is 7.89. The van der Waals surface area contributed by atoms with Crippen LogP contribution in [0.1, 0.15) is 26.2 Å². The monoisotopic (exact) mass is 479 g/mol. The molecule has 0 spiro atoms. The third-order valence-electron chi connectivity index (χ3n) is 5.47. The Morgan fingerprint density at radius 1 is 1.03 bits per heavy atom. The number of anilines is 2. The van der Waals surface area contributed by atoms with Crippen molar-refractivity contribution in [2.24, 2.45) is 0 Å². The number of carbonyl (C=O) groups is 1. The fraction of sp³-hybridized carbons (Fsp3) is 0.409. The molecule has 2 N–H and O–H groups in total.